The van der Waals surface area contributed by atoms with E-state index in [-0.39, 0.29) is 48.2 Å². The van der Waals surface area contributed by atoms with Gasteiger partial charge in [-0.15, -0.1) is 11.8 Å². The molecule has 7 atom stereocenters. The Labute approximate surface area is 404 Å². The number of aryl methyl sites for hydroxylation is 1. The number of carbonyl (C=O) groups is 3. The first-order valence-electron chi connectivity index (χ1n) is 22.9. The van der Waals surface area contributed by atoms with Gasteiger partial charge in [-0.25, -0.2) is 14.4 Å². The molecule has 1 spiro atoms. The first-order chi connectivity index (χ1) is 33.1. The van der Waals surface area contributed by atoms with Gasteiger partial charge in [0, 0.05) is 52.7 Å². The number of methoxy groups -OCH3 is 2. The number of aromatic hydroxyl groups is 1. The molecule has 2 saturated heterocycles. The van der Waals surface area contributed by atoms with E-state index in [9.17, 15) is 20.0 Å². The number of phenols is 1. The Morgan fingerprint density at radius 2 is 1.74 bits per heavy atom. The van der Waals surface area contributed by atoms with Gasteiger partial charge < -0.3 is 43.0 Å². The molecule has 7 heterocycles. The molecule has 0 saturated carbocycles. The van der Waals surface area contributed by atoms with Gasteiger partial charge in [-0.05, 0) is 101 Å². The second-order valence-electron chi connectivity index (χ2n) is 19.2. The van der Waals surface area contributed by atoms with Gasteiger partial charge in [-0.1, -0.05) is 36.4 Å². The highest BCUT2D eigenvalue weighted by atomic mass is 32.2. The Hall–Kier alpha value is -6.45. The standard InChI is InChI=1S/C52H54N4O12S/c1-26-18-30-19-32-33(22-53)56-34-23-63-49(59)52(31-21-35(61-7)36(20-29(31)16-17-54-52)66-37(57)15-14-28-12-10-9-11-13-28)24-69-48(40-39(34)46-45(64-25-65-46)27(2)43(40)58)42(56)41(55(32)6)38(30)47(44(26)62-8)67-50(60)68-51(3,4)5/h9-15,18,20-21,32-34,41-42,48,54,58H,16-17,19,23-25H2,1-8H3/b15-14+/t32-,33-,34-,41+,42?,48+,52+/m0/s1. The molecule has 4 aromatic carbocycles. The second kappa shape index (κ2) is 17.5. The number of esters is 2. The summed E-state index contributed by atoms with van der Waals surface area (Å²) in [6.07, 6.45) is 3.03. The lowest BCUT2D eigenvalue weighted by Crippen LogP contribution is -2.69. The Bertz CT molecular complexity index is 2860. The molecule has 16 nitrogen and oxygen atoms in total. The van der Waals surface area contributed by atoms with Crippen LogP contribution in [0.25, 0.3) is 6.08 Å². The molecule has 0 radical (unpaired) electrons. The number of carbonyl (C=O) groups excluding carboxylic acids is 3. The highest BCUT2D eigenvalue weighted by molar-refractivity contribution is 7.99. The fourth-order valence-corrected chi connectivity index (χ4v) is 13.0. The smallest absolute Gasteiger partial charge is 0.507 e. The minimum absolute atomic E-state index is 0.00447. The molecule has 4 bridgehead atoms. The van der Waals surface area contributed by atoms with Crippen LogP contribution in [0.2, 0.25) is 0 Å². The van der Waals surface area contributed by atoms with Gasteiger partial charge in [0.2, 0.25) is 6.79 Å². The van der Waals surface area contributed by atoms with Crippen LogP contribution in [0, 0.1) is 25.2 Å². The quantitative estimate of drug-likeness (QED) is 0.0848. The van der Waals surface area contributed by atoms with Crippen molar-refractivity contribution in [2.75, 3.05) is 47.0 Å². The number of nitrogens with zero attached hydrogens (tertiary/aromatic N) is 3. The average molecular weight is 959 g/mol. The van der Waals surface area contributed by atoms with Crippen LogP contribution < -0.4 is 33.7 Å². The van der Waals surface area contributed by atoms with E-state index < -0.39 is 58.7 Å². The topological polar surface area (TPSA) is 188 Å². The number of nitriles is 1. The van der Waals surface area contributed by atoms with E-state index in [0.29, 0.717) is 64.5 Å². The van der Waals surface area contributed by atoms with Crippen molar-refractivity contribution in [2.24, 2.45) is 0 Å². The van der Waals surface area contributed by atoms with Crippen LogP contribution in [0.15, 0.2) is 54.6 Å². The van der Waals surface area contributed by atoms with Gasteiger partial charge in [0.1, 0.15) is 24.0 Å². The molecule has 11 rings (SSSR count). The third-order valence-electron chi connectivity index (χ3n) is 14.2. The van der Waals surface area contributed by atoms with E-state index in [2.05, 4.69) is 21.2 Å². The molecule has 4 aromatic rings. The highest BCUT2D eigenvalue weighted by Crippen LogP contribution is 2.64. The Kier molecular flexibility index (Phi) is 11.7. The molecule has 0 aliphatic carbocycles. The minimum Gasteiger partial charge on any atom is -0.507 e. The van der Waals surface area contributed by atoms with Crippen LogP contribution >= 0.6 is 11.8 Å². The number of ether oxygens (including phenoxy) is 8. The van der Waals surface area contributed by atoms with E-state index in [1.807, 2.05) is 50.4 Å². The number of rotatable bonds is 6. The summed E-state index contributed by atoms with van der Waals surface area (Å²) in [4.78, 5) is 46.3. The predicted molar refractivity (Wildman–Crippen MR) is 253 cm³/mol. The minimum atomic E-state index is -1.46. The van der Waals surface area contributed by atoms with Crippen LogP contribution in [0.4, 0.5) is 4.79 Å². The average Bonchev–Trinajstić information content (AvgIpc) is 3.81. The largest absolute Gasteiger partial charge is 0.514 e. The van der Waals surface area contributed by atoms with Gasteiger partial charge in [-0.3, -0.25) is 15.1 Å². The highest BCUT2D eigenvalue weighted by Gasteiger charge is 2.62. The number of phenolic OH excluding ortho intramolecular Hbond substituents is 1. The Morgan fingerprint density at radius 3 is 2.46 bits per heavy atom. The van der Waals surface area contributed by atoms with E-state index in [1.54, 1.807) is 45.9 Å². The Morgan fingerprint density at radius 1 is 0.971 bits per heavy atom. The van der Waals surface area contributed by atoms with Crippen molar-refractivity contribution in [3.63, 3.8) is 0 Å². The SMILES string of the molecule is COc1cc2c(cc1OC(=O)/C=C/c1ccccc1)CCN[C@]21CS[C@@H]2c3c(O)c(C)c4c(c3[C@H](COC1=O)N1C2[C@H]2c3c(cc(C)c(OC)c3OC(=O)OC(C)(C)C)C[C@@H]([C@@H]1C#N)N2C)OCO4. The van der Waals surface area contributed by atoms with Gasteiger partial charge in [0.05, 0.1) is 37.6 Å². The monoisotopic (exact) mass is 958 g/mol. The van der Waals surface area contributed by atoms with Gasteiger partial charge >= 0.3 is 18.1 Å². The summed E-state index contributed by atoms with van der Waals surface area (Å²) in [5.41, 5.74) is 3.83. The number of fused-ring (bicyclic) bond motifs is 9. The maximum absolute atomic E-state index is 15.2. The number of hydrogen-bond acceptors (Lipinski definition) is 17. The molecule has 0 amide bonds. The van der Waals surface area contributed by atoms with Gasteiger partial charge in [0.15, 0.2) is 40.0 Å². The first-order valence-corrected chi connectivity index (χ1v) is 24.0. The first kappa shape index (κ1) is 46.3. The lowest BCUT2D eigenvalue weighted by atomic mass is 9.71. The number of benzene rings is 4. The third kappa shape index (κ3) is 7.59. The molecule has 0 aromatic heterocycles. The number of hydrogen-bond donors (Lipinski definition) is 2. The van der Waals surface area contributed by atoms with Crippen molar-refractivity contribution in [3.8, 4) is 46.3 Å². The summed E-state index contributed by atoms with van der Waals surface area (Å²) in [5, 5.41) is 26.8. The second-order valence-corrected chi connectivity index (χ2v) is 20.3. The fraction of sp³-hybridized carbons (Fsp3) is 0.423. The van der Waals surface area contributed by atoms with E-state index in [0.717, 1.165) is 22.3 Å². The summed E-state index contributed by atoms with van der Waals surface area (Å²) >= 11 is 1.44. The van der Waals surface area contributed by atoms with Crippen LogP contribution in [0.3, 0.4) is 0 Å². The summed E-state index contributed by atoms with van der Waals surface area (Å²) in [6, 6.07) is 14.4. The lowest BCUT2D eigenvalue weighted by molar-refractivity contribution is -0.157. The molecule has 69 heavy (non-hydrogen) atoms. The molecule has 1 unspecified atom stereocenters. The molecular formula is C52H54N4O12S. The maximum atomic E-state index is 15.2. The predicted octanol–water partition coefficient (Wildman–Crippen LogP) is 7.29. The summed E-state index contributed by atoms with van der Waals surface area (Å²) in [5.74, 6) is 0.767. The van der Waals surface area contributed by atoms with Crippen molar-refractivity contribution in [1.82, 2.24) is 15.1 Å². The summed E-state index contributed by atoms with van der Waals surface area (Å²) in [7, 11) is 4.97. The molecule has 7 aliphatic heterocycles. The molecule has 7 aliphatic rings. The number of thioether (sulfide) groups is 1. The van der Waals surface area contributed by atoms with Crippen molar-refractivity contribution >= 4 is 35.9 Å². The van der Waals surface area contributed by atoms with Crippen LogP contribution in [-0.4, -0.2) is 104 Å². The van der Waals surface area contributed by atoms with E-state index in [4.69, 9.17) is 37.9 Å². The molecular weight excluding hydrogens is 905 g/mol. The van der Waals surface area contributed by atoms with Crippen molar-refractivity contribution in [2.45, 2.75) is 94.1 Å². The van der Waals surface area contributed by atoms with Crippen LogP contribution in [0.1, 0.15) is 88.2 Å². The van der Waals surface area contributed by atoms with E-state index in [1.165, 1.54) is 32.1 Å². The lowest BCUT2D eigenvalue weighted by Gasteiger charge is -2.62. The maximum Gasteiger partial charge on any atom is 0.514 e. The van der Waals surface area contributed by atoms with Gasteiger partial charge in [-0.2, -0.15) is 5.26 Å². The van der Waals surface area contributed by atoms with Crippen molar-refractivity contribution < 1.29 is 57.4 Å². The zero-order valence-electron chi connectivity index (χ0n) is 39.7. The van der Waals surface area contributed by atoms with Crippen molar-refractivity contribution in [3.05, 3.63) is 105 Å². The Balaban J connectivity index is 1.13. The normalized spacial score (nSPS) is 25.6. The summed E-state index contributed by atoms with van der Waals surface area (Å²) < 4.78 is 48.5. The van der Waals surface area contributed by atoms with Gasteiger partial charge in [0.25, 0.3) is 0 Å². The van der Waals surface area contributed by atoms with Crippen LogP contribution in [0.5, 0.6) is 40.2 Å². The molecule has 360 valence electrons. The molecule has 17 heteroatoms. The number of likely N-dealkylation sites (N-methyl/N-ethyl adjacent to an activating group) is 1. The molecule has 2 N–H and O–H groups in total. The fourth-order valence-electron chi connectivity index (χ4n) is 11.3. The zero-order chi connectivity index (χ0) is 48.7. The molecule has 2 fully saturated rings. The number of nitrogens with one attached hydrogen (secondary N) is 1. The van der Waals surface area contributed by atoms with E-state index >= 15 is 4.79 Å². The van der Waals surface area contributed by atoms with Crippen LogP contribution in [-0.2, 0) is 37.4 Å². The number of piperazine rings is 1. The summed E-state index contributed by atoms with van der Waals surface area (Å²) in [6.45, 7) is 9.01. The zero-order valence-corrected chi connectivity index (χ0v) is 40.5. The third-order valence-corrected chi connectivity index (χ3v) is 15.6. The van der Waals surface area contributed by atoms with Crippen molar-refractivity contribution in [1.29, 1.82) is 5.26 Å².